The molecule has 1 amide bonds. The molecule has 4 nitrogen and oxygen atoms in total. The van der Waals surface area contributed by atoms with Gasteiger partial charge in [0.15, 0.2) is 0 Å². The number of amides is 1. The topological polar surface area (TPSA) is 41.6 Å². The maximum Gasteiger partial charge on any atom is 0.244 e. The third-order valence-corrected chi connectivity index (χ3v) is 5.79. The average Bonchev–Trinajstić information content (AvgIpc) is 3.16. The van der Waals surface area contributed by atoms with Crippen molar-refractivity contribution in [3.8, 4) is 0 Å². The summed E-state index contributed by atoms with van der Waals surface area (Å²) < 4.78 is 5.38. The summed E-state index contributed by atoms with van der Waals surface area (Å²) in [6.07, 6.45) is 4.27. The van der Waals surface area contributed by atoms with Crippen molar-refractivity contribution in [1.82, 2.24) is 10.2 Å². The summed E-state index contributed by atoms with van der Waals surface area (Å²) in [5.74, 6) is 0.264. The number of thiophene rings is 1. The molecule has 1 aromatic rings. The van der Waals surface area contributed by atoms with Crippen LogP contribution in [0.1, 0.15) is 48.5 Å². The van der Waals surface area contributed by atoms with Crippen molar-refractivity contribution in [2.24, 2.45) is 0 Å². The van der Waals surface area contributed by atoms with E-state index >= 15 is 0 Å². The first-order valence-corrected chi connectivity index (χ1v) is 8.55. The lowest BCUT2D eigenvalue weighted by Crippen LogP contribution is -2.44. The van der Waals surface area contributed by atoms with Crippen molar-refractivity contribution >= 4 is 17.2 Å². The zero-order valence-electron chi connectivity index (χ0n) is 13.0. The summed E-state index contributed by atoms with van der Waals surface area (Å²) in [5.41, 5.74) is -0.323. The van der Waals surface area contributed by atoms with Crippen molar-refractivity contribution in [1.29, 1.82) is 0 Å². The summed E-state index contributed by atoms with van der Waals surface area (Å²) in [6, 6.07) is 4.27. The van der Waals surface area contributed by atoms with Gasteiger partial charge in [-0.25, -0.2) is 0 Å². The summed E-state index contributed by atoms with van der Waals surface area (Å²) in [6.45, 7) is 4.77. The minimum absolute atomic E-state index is 0.00639. The van der Waals surface area contributed by atoms with Crippen LogP contribution < -0.4 is 5.32 Å². The zero-order valence-corrected chi connectivity index (χ0v) is 13.8. The molecule has 2 aliphatic rings. The lowest BCUT2D eigenvalue weighted by atomic mass is 9.98. The Morgan fingerprint density at radius 1 is 1.48 bits per heavy atom. The Morgan fingerprint density at radius 2 is 2.19 bits per heavy atom. The number of hydrogen-bond donors (Lipinski definition) is 1. The molecule has 116 valence electrons. The number of hydrogen-bond acceptors (Lipinski definition) is 4. The minimum Gasteiger partial charge on any atom is -0.380 e. The fourth-order valence-electron chi connectivity index (χ4n) is 3.50. The summed E-state index contributed by atoms with van der Waals surface area (Å²) in [4.78, 5) is 17.5. The lowest BCUT2D eigenvalue weighted by Gasteiger charge is -2.26. The maximum atomic E-state index is 13.0. The van der Waals surface area contributed by atoms with Gasteiger partial charge in [0.1, 0.15) is 6.17 Å². The van der Waals surface area contributed by atoms with Crippen LogP contribution in [0.3, 0.4) is 0 Å². The zero-order chi connectivity index (χ0) is 15.0. The van der Waals surface area contributed by atoms with E-state index in [1.54, 1.807) is 18.4 Å². The van der Waals surface area contributed by atoms with E-state index in [-0.39, 0.29) is 23.7 Å². The predicted molar refractivity (Wildman–Crippen MR) is 84.3 cm³/mol. The smallest absolute Gasteiger partial charge is 0.244 e. The normalized spacial score (nSPS) is 26.0. The van der Waals surface area contributed by atoms with Crippen LogP contribution in [0.25, 0.3) is 0 Å². The maximum absolute atomic E-state index is 13.0. The Labute approximate surface area is 130 Å². The lowest BCUT2D eigenvalue weighted by molar-refractivity contribution is -0.134. The van der Waals surface area contributed by atoms with Crippen LogP contribution in [-0.2, 0) is 9.53 Å². The average molecular weight is 308 g/mol. The summed E-state index contributed by atoms with van der Waals surface area (Å²) in [7, 11) is 1.70. The highest BCUT2D eigenvalue weighted by molar-refractivity contribution is 7.12. The molecule has 1 aromatic heterocycles. The number of nitrogens with one attached hydrogen (secondary N) is 1. The highest BCUT2D eigenvalue weighted by Gasteiger charge is 2.53. The first-order valence-electron chi connectivity index (χ1n) is 7.74. The third kappa shape index (κ3) is 2.62. The van der Waals surface area contributed by atoms with Gasteiger partial charge in [-0.3, -0.25) is 10.1 Å². The molecule has 1 aliphatic heterocycles. The molecular formula is C16H24N2O2S. The molecule has 3 rings (SSSR count). The molecule has 0 radical (unpaired) electrons. The van der Waals surface area contributed by atoms with Gasteiger partial charge >= 0.3 is 0 Å². The molecule has 0 aromatic carbocycles. The van der Waals surface area contributed by atoms with Crippen LogP contribution in [0.15, 0.2) is 12.1 Å². The van der Waals surface area contributed by atoms with Gasteiger partial charge in [-0.1, -0.05) is 12.8 Å². The number of carbonyl (C=O) groups is 1. The predicted octanol–water partition coefficient (Wildman–Crippen LogP) is 2.83. The van der Waals surface area contributed by atoms with E-state index in [4.69, 9.17) is 4.74 Å². The second-order valence-electron chi connectivity index (χ2n) is 6.29. The number of nitrogens with zero attached hydrogens (tertiary/aromatic N) is 1. The van der Waals surface area contributed by atoms with Gasteiger partial charge in [0.25, 0.3) is 0 Å². The van der Waals surface area contributed by atoms with E-state index in [0.29, 0.717) is 6.54 Å². The summed E-state index contributed by atoms with van der Waals surface area (Å²) in [5, 5.41) is 3.66. The largest absolute Gasteiger partial charge is 0.380 e. The van der Waals surface area contributed by atoms with Crippen molar-refractivity contribution in [3.05, 3.63) is 21.9 Å². The van der Waals surface area contributed by atoms with Crippen LogP contribution in [0.4, 0.5) is 0 Å². The van der Waals surface area contributed by atoms with Crippen LogP contribution in [0.2, 0.25) is 0 Å². The van der Waals surface area contributed by atoms with Gasteiger partial charge in [0.2, 0.25) is 5.91 Å². The molecule has 1 aliphatic carbocycles. The molecule has 5 heteroatoms. The quantitative estimate of drug-likeness (QED) is 0.930. The van der Waals surface area contributed by atoms with Gasteiger partial charge in [0.05, 0.1) is 11.6 Å². The highest BCUT2D eigenvalue weighted by Crippen LogP contribution is 2.42. The Hall–Kier alpha value is -0.910. The number of rotatable bonds is 4. The molecule has 2 heterocycles. The Kier molecular flexibility index (Phi) is 4.08. The molecule has 2 fully saturated rings. The van der Waals surface area contributed by atoms with E-state index < -0.39 is 0 Å². The molecule has 1 N–H and O–H groups in total. The molecule has 2 atom stereocenters. The van der Waals surface area contributed by atoms with Crippen molar-refractivity contribution < 1.29 is 9.53 Å². The fourth-order valence-corrected chi connectivity index (χ4v) is 4.44. The van der Waals surface area contributed by atoms with Crippen LogP contribution in [0, 0.1) is 6.92 Å². The number of methoxy groups -OCH3 is 1. The van der Waals surface area contributed by atoms with Gasteiger partial charge in [-0.2, -0.15) is 0 Å². The Balaban J connectivity index is 1.89. The number of ether oxygens (including phenoxy) is 1. The second kappa shape index (κ2) is 5.71. The SMILES string of the molecule is COC(C)CN1C(=O)C2(CCCC2)NC1c1ccc(C)s1. The molecular weight excluding hydrogens is 284 g/mol. The van der Waals surface area contributed by atoms with E-state index in [9.17, 15) is 4.79 Å². The van der Waals surface area contributed by atoms with Crippen LogP contribution in [0.5, 0.6) is 0 Å². The molecule has 1 spiro atoms. The molecule has 1 saturated heterocycles. The minimum atomic E-state index is -0.323. The van der Waals surface area contributed by atoms with Crippen molar-refractivity contribution in [2.45, 2.75) is 57.3 Å². The molecule has 1 saturated carbocycles. The van der Waals surface area contributed by atoms with Crippen LogP contribution >= 0.6 is 11.3 Å². The van der Waals surface area contributed by atoms with E-state index in [0.717, 1.165) is 25.7 Å². The van der Waals surface area contributed by atoms with Gasteiger partial charge < -0.3 is 9.64 Å². The Bertz CT molecular complexity index is 522. The van der Waals surface area contributed by atoms with Gasteiger partial charge in [-0.15, -0.1) is 11.3 Å². The molecule has 21 heavy (non-hydrogen) atoms. The van der Waals surface area contributed by atoms with Crippen LogP contribution in [-0.4, -0.2) is 36.1 Å². The molecule has 0 bridgehead atoms. The monoisotopic (exact) mass is 308 g/mol. The fraction of sp³-hybridized carbons (Fsp3) is 0.688. The highest BCUT2D eigenvalue weighted by atomic mass is 32.1. The Morgan fingerprint density at radius 3 is 2.76 bits per heavy atom. The van der Waals surface area contributed by atoms with Crippen molar-refractivity contribution in [2.75, 3.05) is 13.7 Å². The number of carbonyl (C=O) groups excluding carboxylic acids is 1. The molecule has 2 unspecified atom stereocenters. The van der Waals surface area contributed by atoms with E-state index in [1.165, 1.54) is 9.75 Å². The third-order valence-electron chi connectivity index (χ3n) is 4.74. The van der Waals surface area contributed by atoms with E-state index in [1.807, 2.05) is 11.8 Å². The first kappa shape index (κ1) is 15.0. The standard InChI is InChI=1S/C16H24N2O2S/c1-11(20-3)10-18-14(13-7-6-12(2)21-13)17-16(15(18)19)8-4-5-9-16/h6-7,11,14,17H,4-5,8-10H2,1-3H3. The number of aryl methyl sites for hydroxylation is 1. The van der Waals surface area contributed by atoms with Gasteiger partial charge in [0, 0.05) is 23.4 Å². The second-order valence-corrected chi connectivity index (χ2v) is 7.61. The summed E-state index contributed by atoms with van der Waals surface area (Å²) >= 11 is 1.77. The van der Waals surface area contributed by atoms with Crippen molar-refractivity contribution in [3.63, 3.8) is 0 Å². The first-order chi connectivity index (χ1) is 10.1. The van der Waals surface area contributed by atoms with Gasteiger partial charge in [-0.05, 0) is 38.8 Å². The van der Waals surface area contributed by atoms with E-state index in [2.05, 4.69) is 24.4 Å².